The Hall–Kier alpha value is -3.44. The highest BCUT2D eigenvalue weighted by Crippen LogP contribution is 2.36. The summed E-state index contributed by atoms with van der Waals surface area (Å²) in [6.45, 7) is 6.42. The van der Waals surface area contributed by atoms with Gasteiger partial charge in [-0.2, -0.15) is 0 Å². The summed E-state index contributed by atoms with van der Waals surface area (Å²) in [5.41, 5.74) is 8.17. The Morgan fingerprint density at radius 1 is 1.28 bits per heavy atom. The molecule has 0 bridgehead atoms. The number of aryl methyl sites for hydroxylation is 1. The van der Waals surface area contributed by atoms with Gasteiger partial charge in [-0.1, -0.05) is 36.8 Å². The lowest BCUT2D eigenvalue weighted by atomic mass is 10.00. The third-order valence-corrected chi connectivity index (χ3v) is 8.51. The molecule has 0 saturated carbocycles. The van der Waals surface area contributed by atoms with E-state index >= 15 is 0 Å². The molecule has 192 valence electrons. The van der Waals surface area contributed by atoms with Gasteiger partial charge in [-0.25, -0.2) is 17.9 Å². The maximum absolute atomic E-state index is 13.6. The van der Waals surface area contributed by atoms with E-state index in [2.05, 4.69) is 34.4 Å². The van der Waals surface area contributed by atoms with E-state index in [1.807, 2.05) is 32.2 Å². The van der Waals surface area contributed by atoms with Crippen molar-refractivity contribution >= 4 is 15.9 Å². The summed E-state index contributed by atoms with van der Waals surface area (Å²) in [5.74, 6) is 2.17. The second kappa shape index (κ2) is 9.55. The summed E-state index contributed by atoms with van der Waals surface area (Å²) in [7, 11) is -1.94. The van der Waals surface area contributed by atoms with E-state index in [1.165, 1.54) is 3.97 Å². The van der Waals surface area contributed by atoms with Crippen LogP contribution in [0.4, 0.5) is 0 Å². The average Bonchev–Trinajstić information content (AvgIpc) is 3.56. The fourth-order valence-electron chi connectivity index (χ4n) is 4.55. The van der Waals surface area contributed by atoms with Crippen LogP contribution in [-0.4, -0.2) is 48.3 Å². The van der Waals surface area contributed by atoms with E-state index in [9.17, 15) is 8.42 Å². The Balaban J connectivity index is 1.49. The normalized spacial score (nSPS) is 24.1. The summed E-state index contributed by atoms with van der Waals surface area (Å²) in [5, 5.41) is 8.53. The average molecular weight is 513 g/mol. The zero-order chi connectivity index (χ0) is 25.4. The molecule has 3 aliphatic rings. The molecule has 3 atom stereocenters. The molecule has 36 heavy (non-hydrogen) atoms. The van der Waals surface area contributed by atoms with Gasteiger partial charge < -0.3 is 14.5 Å². The topological polar surface area (TPSA) is 113 Å². The van der Waals surface area contributed by atoms with Crippen molar-refractivity contribution in [2.24, 2.45) is 11.0 Å². The van der Waals surface area contributed by atoms with Gasteiger partial charge in [0.1, 0.15) is 17.6 Å². The van der Waals surface area contributed by atoms with Crippen LogP contribution in [0.15, 0.2) is 63.9 Å². The van der Waals surface area contributed by atoms with Crippen LogP contribution in [0.2, 0.25) is 0 Å². The first-order chi connectivity index (χ1) is 17.2. The van der Waals surface area contributed by atoms with Crippen molar-refractivity contribution in [1.82, 2.24) is 25.4 Å². The van der Waals surface area contributed by atoms with Crippen molar-refractivity contribution in [2.45, 2.75) is 44.9 Å². The molecular formula is C25H32N6O4S. The number of nitrogens with zero attached hydrogens (tertiary/aromatic N) is 3. The summed E-state index contributed by atoms with van der Waals surface area (Å²) in [6.07, 6.45) is 12.6. The van der Waals surface area contributed by atoms with E-state index in [1.54, 1.807) is 36.6 Å². The van der Waals surface area contributed by atoms with Gasteiger partial charge >= 0.3 is 0 Å². The number of aromatic nitrogens is 1. The van der Waals surface area contributed by atoms with E-state index in [4.69, 9.17) is 9.15 Å². The van der Waals surface area contributed by atoms with Crippen molar-refractivity contribution in [2.75, 3.05) is 13.7 Å². The third-order valence-electron chi connectivity index (χ3n) is 6.54. The number of allylic oxidation sites excluding steroid dienone is 4. The van der Waals surface area contributed by atoms with E-state index in [-0.39, 0.29) is 6.04 Å². The molecule has 0 saturated heterocycles. The highest BCUT2D eigenvalue weighted by molar-refractivity contribution is 7.90. The van der Waals surface area contributed by atoms with Crippen LogP contribution in [-0.2, 0) is 10.0 Å². The molecule has 0 amide bonds. The number of furan rings is 1. The van der Waals surface area contributed by atoms with Gasteiger partial charge in [-0.05, 0) is 50.4 Å². The Bertz CT molecular complexity index is 1370. The minimum atomic E-state index is -3.71. The predicted molar refractivity (Wildman–Crippen MR) is 138 cm³/mol. The lowest BCUT2D eigenvalue weighted by molar-refractivity contribution is 0.230. The van der Waals surface area contributed by atoms with Crippen LogP contribution in [0.25, 0.3) is 11.5 Å². The van der Waals surface area contributed by atoms with Crippen LogP contribution >= 0.6 is 0 Å². The fraction of sp³-hybridized carbons (Fsp3) is 0.400. The van der Waals surface area contributed by atoms with Crippen molar-refractivity contribution in [1.29, 1.82) is 0 Å². The van der Waals surface area contributed by atoms with Crippen LogP contribution in [0.5, 0.6) is 5.75 Å². The second-order valence-corrected chi connectivity index (χ2v) is 11.6. The molecule has 2 aliphatic heterocycles. The minimum Gasteiger partial charge on any atom is -0.487 e. The van der Waals surface area contributed by atoms with Gasteiger partial charge in [0.15, 0.2) is 11.5 Å². The molecule has 0 radical (unpaired) electrons. The predicted octanol–water partition coefficient (Wildman–Crippen LogP) is 3.02. The van der Waals surface area contributed by atoms with Crippen molar-refractivity contribution in [3.05, 3.63) is 65.7 Å². The first-order valence-corrected chi connectivity index (χ1v) is 13.5. The summed E-state index contributed by atoms with van der Waals surface area (Å²) in [4.78, 5) is 0. The minimum absolute atomic E-state index is 0.149. The number of hydrazone groups is 1. The molecular weight excluding hydrogens is 480 g/mol. The standard InChI is InChI=1S/C25H32N6O4S/c1-16-5-7-20(8-6-16)36(32,33)31-12-10-18(3)23(31)21-14-22(24(35-21)25-27-29-30(4)28-25)34-15-19-13-17(2)9-11-26-19/h5-7,9-12,14,17,19-20,26,29H,8,13,15H2,1-4H3,(H,27,28). The first-order valence-electron chi connectivity index (χ1n) is 12.0. The van der Waals surface area contributed by atoms with Gasteiger partial charge in [-0.3, -0.25) is 5.43 Å². The molecule has 5 rings (SSSR count). The molecule has 4 heterocycles. The van der Waals surface area contributed by atoms with Gasteiger partial charge in [0, 0.05) is 19.3 Å². The van der Waals surface area contributed by atoms with Gasteiger partial charge in [-0.15, -0.1) is 10.2 Å². The number of hydrogen-bond donors (Lipinski definition) is 3. The highest BCUT2D eigenvalue weighted by atomic mass is 32.2. The molecule has 0 spiro atoms. The van der Waals surface area contributed by atoms with E-state index in [0.29, 0.717) is 47.7 Å². The van der Waals surface area contributed by atoms with Crippen LogP contribution in [0, 0.1) is 12.8 Å². The lowest BCUT2D eigenvalue weighted by Crippen LogP contribution is -2.38. The van der Waals surface area contributed by atoms with Crippen LogP contribution in [0.1, 0.15) is 38.0 Å². The van der Waals surface area contributed by atoms with Crippen molar-refractivity contribution in [3.8, 4) is 17.2 Å². The lowest BCUT2D eigenvalue weighted by Gasteiger charge is -2.24. The monoisotopic (exact) mass is 512 g/mol. The third kappa shape index (κ3) is 4.68. The van der Waals surface area contributed by atoms with Crippen molar-refractivity contribution in [3.63, 3.8) is 0 Å². The number of rotatable bonds is 7. The quantitative estimate of drug-likeness (QED) is 0.519. The molecule has 0 aromatic carbocycles. The maximum Gasteiger partial charge on any atom is 0.245 e. The van der Waals surface area contributed by atoms with Gasteiger partial charge in [0.2, 0.25) is 21.6 Å². The Labute approximate surface area is 211 Å². The number of hydrogen-bond acceptors (Lipinski definition) is 9. The Morgan fingerprint density at radius 3 is 2.81 bits per heavy atom. The number of hydrazine groups is 2. The molecule has 2 aromatic heterocycles. The van der Waals surface area contributed by atoms with Crippen LogP contribution < -0.4 is 21.0 Å². The smallest absolute Gasteiger partial charge is 0.245 e. The highest BCUT2D eigenvalue weighted by Gasteiger charge is 2.31. The molecule has 2 aromatic rings. The summed E-state index contributed by atoms with van der Waals surface area (Å²) in [6, 6.07) is 3.68. The first kappa shape index (κ1) is 24.3. The Morgan fingerprint density at radius 2 is 2.11 bits per heavy atom. The number of nitrogens with one attached hydrogen (secondary N) is 3. The molecule has 10 nitrogen and oxygen atoms in total. The maximum atomic E-state index is 13.6. The molecule has 3 unspecified atom stereocenters. The largest absolute Gasteiger partial charge is 0.487 e. The zero-order valence-electron chi connectivity index (χ0n) is 20.9. The molecule has 0 fully saturated rings. The zero-order valence-corrected chi connectivity index (χ0v) is 21.7. The Kier molecular flexibility index (Phi) is 6.44. The summed E-state index contributed by atoms with van der Waals surface area (Å²) >= 11 is 0. The fourth-order valence-corrected chi connectivity index (χ4v) is 6.18. The van der Waals surface area contributed by atoms with Crippen molar-refractivity contribution < 1.29 is 17.6 Å². The van der Waals surface area contributed by atoms with E-state index in [0.717, 1.165) is 17.6 Å². The molecule has 11 heteroatoms. The molecule has 1 aliphatic carbocycles. The van der Waals surface area contributed by atoms with Crippen LogP contribution in [0.3, 0.4) is 0 Å². The summed E-state index contributed by atoms with van der Waals surface area (Å²) < 4.78 is 41.0. The second-order valence-electron chi connectivity index (χ2n) is 9.55. The molecule has 3 N–H and O–H groups in total. The van der Waals surface area contributed by atoms with Gasteiger partial charge in [0.05, 0.1) is 6.04 Å². The van der Waals surface area contributed by atoms with Gasteiger partial charge in [0.25, 0.3) is 0 Å². The SMILES string of the molecule is CC1=CCC(S(=O)(=O)n2ccc(C)c2-c2cc(OCC3CC(C)C=CN3)c(C3=NNN(C)N3)o2)C=C1. The number of ether oxygens (including phenoxy) is 1. The number of amidine groups is 1. The van der Waals surface area contributed by atoms with E-state index < -0.39 is 15.3 Å².